The number of piperidine rings is 1. The summed E-state index contributed by atoms with van der Waals surface area (Å²) in [6, 6.07) is 3.77. The van der Waals surface area contributed by atoms with Crippen LogP contribution in [0.1, 0.15) is 56.1 Å². The molecule has 3 aromatic heterocycles. The van der Waals surface area contributed by atoms with Gasteiger partial charge in [-0.3, -0.25) is 9.88 Å². The fraction of sp³-hybridized carbons (Fsp3) is 0.500. The van der Waals surface area contributed by atoms with Gasteiger partial charge in [0.2, 0.25) is 17.6 Å². The molecule has 4 rings (SSSR count). The molecule has 3 aromatic rings. The Bertz CT molecular complexity index is 844. The molecule has 8 heteroatoms. The molecule has 0 unspecified atom stereocenters. The highest BCUT2D eigenvalue weighted by molar-refractivity contribution is 5.51. The van der Waals surface area contributed by atoms with E-state index in [1.165, 1.54) is 0 Å². The predicted molar refractivity (Wildman–Crippen MR) is 93.2 cm³/mol. The first-order valence-corrected chi connectivity index (χ1v) is 8.98. The Hall–Kier alpha value is -2.61. The number of rotatable bonds is 5. The molecule has 0 spiro atoms. The molecule has 1 aliphatic heterocycles. The van der Waals surface area contributed by atoms with Crippen LogP contribution in [0.4, 0.5) is 0 Å². The highest BCUT2D eigenvalue weighted by Crippen LogP contribution is 2.27. The lowest BCUT2D eigenvalue weighted by atomic mass is 9.98. The van der Waals surface area contributed by atoms with Crippen molar-refractivity contribution in [1.82, 2.24) is 30.2 Å². The van der Waals surface area contributed by atoms with Crippen molar-refractivity contribution in [1.29, 1.82) is 0 Å². The highest BCUT2D eigenvalue weighted by atomic mass is 16.5. The monoisotopic (exact) mass is 354 g/mol. The number of nitrogens with zero attached hydrogens (tertiary/aromatic N) is 6. The summed E-state index contributed by atoms with van der Waals surface area (Å²) < 4.78 is 10.9. The lowest BCUT2D eigenvalue weighted by molar-refractivity contribution is 0.162. The van der Waals surface area contributed by atoms with Crippen LogP contribution in [0.15, 0.2) is 33.6 Å². The molecule has 136 valence electrons. The summed E-state index contributed by atoms with van der Waals surface area (Å²) in [4.78, 5) is 15.4. The van der Waals surface area contributed by atoms with Crippen LogP contribution in [0.5, 0.6) is 0 Å². The van der Waals surface area contributed by atoms with Gasteiger partial charge >= 0.3 is 0 Å². The minimum atomic E-state index is 0.254. The Morgan fingerprint density at radius 3 is 2.92 bits per heavy atom. The normalized spacial score (nSPS) is 18.5. The third-order valence-corrected chi connectivity index (χ3v) is 4.58. The number of hydrogen-bond acceptors (Lipinski definition) is 8. The maximum atomic E-state index is 5.48. The first kappa shape index (κ1) is 16.8. The molecular formula is C18H22N6O2. The van der Waals surface area contributed by atoms with Crippen LogP contribution < -0.4 is 0 Å². The van der Waals surface area contributed by atoms with E-state index >= 15 is 0 Å². The van der Waals surface area contributed by atoms with Crippen LogP contribution in [0, 0.1) is 0 Å². The van der Waals surface area contributed by atoms with Gasteiger partial charge in [-0.25, -0.2) is 0 Å². The Labute approximate surface area is 151 Å². The lowest BCUT2D eigenvalue weighted by Gasteiger charge is -2.29. The molecule has 1 fully saturated rings. The van der Waals surface area contributed by atoms with Crippen molar-refractivity contribution in [3.63, 3.8) is 0 Å². The van der Waals surface area contributed by atoms with E-state index in [9.17, 15) is 0 Å². The first-order valence-electron chi connectivity index (χ1n) is 8.98. The van der Waals surface area contributed by atoms with E-state index in [2.05, 4.69) is 44.0 Å². The molecule has 1 aliphatic rings. The zero-order valence-corrected chi connectivity index (χ0v) is 15.0. The van der Waals surface area contributed by atoms with E-state index in [-0.39, 0.29) is 11.8 Å². The predicted octanol–water partition coefficient (Wildman–Crippen LogP) is 3.02. The molecular weight excluding hydrogens is 332 g/mol. The van der Waals surface area contributed by atoms with Gasteiger partial charge in [0, 0.05) is 30.4 Å². The van der Waals surface area contributed by atoms with Crippen molar-refractivity contribution in [3.05, 3.63) is 42.1 Å². The molecule has 1 saturated heterocycles. The number of likely N-dealkylation sites (tertiary alicyclic amines) is 1. The van der Waals surface area contributed by atoms with Crippen LogP contribution in [0.2, 0.25) is 0 Å². The molecule has 0 bridgehead atoms. The third kappa shape index (κ3) is 3.65. The van der Waals surface area contributed by atoms with Crippen LogP contribution in [-0.2, 0) is 6.54 Å². The van der Waals surface area contributed by atoms with Gasteiger partial charge in [0.05, 0.1) is 12.5 Å². The zero-order chi connectivity index (χ0) is 17.9. The van der Waals surface area contributed by atoms with Gasteiger partial charge in [0.25, 0.3) is 0 Å². The van der Waals surface area contributed by atoms with E-state index < -0.39 is 0 Å². The number of aromatic nitrogens is 5. The standard InChI is InChI=1S/C18H22N6O2/c1-12(2)16-21-18(26-22-16)14-6-4-8-24(10-14)11-15-20-17(23-25-15)13-5-3-7-19-9-13/h3,5,7,9,12,14H,4,6,8,10-11H2,1-2H3/t14-/m1/s1. The fourth-order valence-electron chi connectivity index (χ4n) is 3.17. The average Bonchev–Trinajstić information content (AvgIpc) is 3.33. The van der Waals surface area contributed by atoms with Gasteiger partial charge in [-0.1, -0.05) is 24.2 Å². The minimum absolute atomic E-state index is 0.254. The molecule has 0 aromatic carbocycles. The molecule has 1 atom stereocenters. The minimum Gasteiger partial charge on any atom is -0.339 e. The quantitative estimate of drug-likeness (QED) is 0.690. The van der Waals surface area contributed by atoms with Gasteiger partial charge in [-0.2, -0.15) is 9.97 Å². The topological polar surface area (TPSA) is 94.0 Å². The molecule has 0 saturated carbocycles. The van der Waals surface area contributed by atoms with Crippen molar-refractivity contribution in [2.24, 2.45) is 0 Å². The Balaban J connectivity index is 1.41. The molecule has 0 radical (unpaired) electrons. The van der Waals surface area contributed by atoms with Crippen molar-refractivity contribution >= 4 is 0 Å². The third-order valence-electron chi connectivity index (χ3n) is 4.58. The molecule has 0 amide bonds. The number of pyridine rings is 1. The molecule has 8 nitrogen and oxygen atoms in total. The lowest BCUT2D eigenvalue weighted by Crippen LogP contribution is -2.34. The van der Waals surface area contributed by atoms with Gasteiger partial charge < -0.3 is 9.05 Å². The summed E-state index contributed by atoms with van der Waals surface area (Å²) >= 11 is 0. The van der Waals surface area contributed by atoms with Crippen molar-refractivity contribution < 1.29 is 9.05 Å². The van der Waals surface area contributed by atoms with Crippen molar-refractivity contribution in [3.8, 4) is 11.4 Å². The van der Waals surface area contributed by atoms with Crippen LogP contribution in [0.25, 0.3) is 11.4 Å². The number of hydrogen-bond donors (Lipinski definition) is 0. The average molecular weight is 354 g/mol. The van der Waals surface area contributed by atoms with E-state index in [4.69, 9.17) is 9.05 Å². The van der Waals surface area contributed by atoms with E-state index in [1.54, 1.807) is 12.4 Å². The van der Waals surface area contributed by atoms with Gasteiger partial charge in [-0.05, 0) is 31.5 Å². The zero-order valence-electron chi connectivity index (χ0n) is 15.0. The van der Waals surface area contributed by atoms with Gasteiger partial charge in [0.15, 0.2) is 5.82 Å². The first-order chi connectivity index (χ1) is 12.7. The summed E-state index contributed by atoms with van der Waals surface area (Å²) in [6.45, 7) is 6.60. The summed E-state index contributed by atoms with van der Waals surface area (Å²) in [5.41, 5.74) is 0.853. The Kier molecular flexibility index (Phi) is 4.75. The molecule has 26 heavy (non-hydrogen) atoms. The van der Waals surface area contributed by atoms with E-state index in [0.29, 0.717) is 18.3 Å². The Morgan fingerprint density at radius 1 is 1.23 bits per heavy atom. The maximum absolute atomic E-state index is 5.48. The SMILES string of the molecule is CC(C)c1noc([C@@H]2CCCN(Cc3nc(-c4cccnc4)no3)C2)n1. The van der Waals surface area contributed by atoms with Crippen LogP contribution >= 0.6 is 0 Å². The second kappa shape index (κ2) is 7.33. The van der Waals surface area contributed by atoms with E-state index in [0.717, 1.165) is 43.2 Å². The van der Waals surface area contributed by atoms with Crippen LogP contribution in [-0.4, -0.2) is 43.3 Å². The summed E-state index contributed by atoms with van der Waals surface area (Å²) in [7, 11) is 0. The van der Waals surface area contributed by atoms with Gasteiger partial charge in [-0.15, -0.1) is 0 Å². The largest absolute Gasteiger partial charge is 0.339 e. The van der Waals surface area contributed by atoms with E-state index in [1.807, 2.05) is 12.1 Å². The second-order valence-corrected chi connectivity index (χ2v) is 6.97. The van der Waals surface area contributed by atoms with Crippen LogP contribution in [0.3, 0.4) is 0 Å². The molecule has 4 heterocycles. The second-order valence-electron chi connectivity index (χ2n) is 6.97. The highest BCUT2D eigenvalue weighted by Gasteiger charge is 2.27. The van der Waals surface area contributed by atoms with Gasteiger partial charge in [0.1, 0.15) is 0 Å². The summed E-state index contributed by atoms with van der Waals surface area (Å²) in [5.74, 6) is 3.22. The summed E-state index contributed by atoms with van der Waals surface area (Å²) in [6.07, 6.45) is 5.59. The Morgan fingerprint density at radius 2 is 2.15 bits per heavy atom. The fourth-order valence-corrected chi connectivity index (χ4v) is 3.17. The smallest absolute Gasteiger partial charge is 0.241 e. The maximum Gasteiger partial charge on any atom is 0.241 e. The molecule has 0 N–H and O–H groups in total. The van der Waals surface area contributed by atoms with Crippen molar-refractivity contribution in [2.75, 3.05) is 13.1 Å². The summed E-state index contributed by atoms with van der Waals surface area (Å²) in [5, 5.41) is 8.14. The molecule has 0 aliphatic carbocycles. The van der Waals surface area contributed by atoms with Crippen molar-refractivity contribution in [2.45, 2.75) is 45.1 Å².